The van der Waals surface area contributed by atoms with Crippen LogP contribution in [-0.2, 0) is 14.3 Å². The lowest BCUT2D eigenvalue weighted by molar-refractivity contribution is -0.143. The molecule has 1 atom stereocenters. The van der Waals surface area contributed by atoms with Crippen LogP contribution in [0.2, 0.25) is 0 Å². The van der Waals surface area contributed by atoms with Crippen molar-refractivity contribution in [2.75, 3.05) is 12.6 Å². The number of carbonyl (C=O) groups is 2. The minimum Gasteiger partial charge on any atom is -0.448 e. The monoisotopic (exact) mass is 252 g/mol. The summed E-state index contributed by atoms with van der Waals surface area (Å²) in [5.74, 6) is -0.691. The van der Waals surface area contributed by atoms with Crippen molar-refractivity contribution in [2.45, 2.75) is 32.4 Å². The largest absolute Gasteiger partial charge is 0.448 e. The van der Waals surface area contributed by atoms with Gasteiger partial charge in [0.05, 0.1) is 0 Å². The predicted octanol–water partition coefficient (Wildman–Crippen LogP) is 0.578. The number of amides is 1. The van der Waals surface area contributed by atoms with Gasteiger partial charge in [-0.15, -0.1) is 0 Å². The second-order valence-corrected chi connectivity index (χ2v) is 4.23. The molecule has 0 heterocycles. The van der Waals surface area contributed by atoms with Gasteiger partial charge in [-0.2, -0.15) is 0 Å². The first-order chi connectivity index (χ1) is 7.30. The van der Waals surface area contributed by atoms with E-state index < -0.39 is 23.7 Å². The summed E-state index contributed by atoms with van der Waals surface area (Å²) >= 11 is 5.21. The Balaban J connectivity index is 4.22. The van der Waals surface area contributed by atoms with Crippen molar-refractivity contribution in [1.82, 2.24) is 5.32 Å². The Kier molecular flexibility index (Phi) is 6.13. The summed E-state index contributed by atoms with van der Waals surface area (Å²) < 4.78 is 9.45. The number of esters is 1. The molecule has 0 aliphatic carbocycles. The molecule has 0 aromatic rings. The van der Waals surface area contributed by atoms with E-state index in [2.05, 4.69) is 10.1 Å². The van der Waals surface area contributed by atoms with Crippen LogP contribution >= 0.6 is 11.6 Å². The van der Waals surface area contributed by atoms with E-state index >= 15 is 0 Å². The van der Waals surface area contributed by atoms with Crippen molar-refractivity contribution in [3.8, 4) is 0 Å². The maximum absolute atomic E-state index is 11.3. The van der Waals surface area contributed by atoms with Crippen molar-refractivity contribution in [2.24, 2.45) is 5.73 Å². The third kappa shape index (κ3) is 6.47. The molecule has 6 nitrogen and oxygen atoms in total. The third-order valence-corrected chi connectivity index (χ3v) is 1.52. The van der Waals surface area contributed by atoms with Crippen LogP contribution in [0.4, 0.5) is 4.79 Å². The summed E-state index contributed by atoms with van der Waals surface area (Å²) in [6.45, 7) is 5.04. The van der Waals surface area contributed by atoms with E-state index in [-0.39, 0.29) is 12.6 Å². The van der Waals surface area contributed by atoms with Gasteiger partial charge >= 0.3 is 12.1 Å². The van der Waals surface area contributed by atoms with E-state index in [4.69, 9.17) is 22.1 Å². The van der Waals surface area contributed by atoms with Crippen LogP contribution in [0.1, 0.15) is 20.8 Å². The van der Waals surface area contributed by atoms with Crippen molar-refractivity contribution >= 4 is 23.7 Å². The van der Waals surface area contributed by atoms with Gasteiger partial charge in [0.25, 0.3) is 0 Å². The maximum Gasteiger partial charge on any atom is 0.408 e. The molecule has 0 rings (SSSR count). The first-order valence-electron chi connectivity index (χ1n) is 4.72. The molecular formula is C9H17ClN2O4. The summed E-state index contributed by atoms with van der Waals surface area (Å²) in [4.78, 5) is 22.5. The molecule has 0 aromatic carbocycles. The molecule has 0 saturated heterocycles. The van der Waals surface area contributed by atoms with Crippen LogP contribution in [0.15, 0.2) is 0 Å². The molecular weight excluding hydrogens is 236 g/mol. The van der Waals surface area contributed by atoms with Crippen molar-refractivity contribution < 1.29 is 19.1 Å². The molecule has 7 heteroatoms. The fourth-order valence-electron chi connectivity index (χ4n) is 0.818. The van der Waals surface area contributed by atoms with Gasteiger partial charge in [0.2, 0.25) is 0 Å². The van der Waals surface area contributed by atoms with Gasteiger partial charge in [-0.3, -0.25) is 0 Å². The first-order valence-corrected chi connectivity index (χ1v) is 5.25. The van der Waals surface area contributed by atoms with Crippen molar-refractivity contribution in [3.63, 3.8) is 0 Å². The Morgan fingerprint density at radius 1 is 1.44 bits per heavy atom. The number of carbonyl (C=O) groups excluding carboxylic acids is 2. The summed E-state index contributed by atoms with van der Waals surface area (Å²) in [5.41, 5.74) is 4.66. The van der Waals surface area contributed by atoms with Gasteiger partial charge in [-0.25, -0.2) is 9.59 Å². The Morgan fingerprint density at radius 3 is 2.38 bits per heavy atom. The second kappa shape index (κ2) is 6.55. The van der Waals surface area contributed by atoms with Gasteiger partial charge in [0.1, 0.15) is 11.6 Å². The Bertz CT molecular complexity index is 252. The lowest BCUT2D eigenvalue weighted by Gasteiger charge is -2.22. The molecule has 0 aromatic heterocycles. The van der Waals surface area contributed by atoms with Crippen LogP contribution in [0, 0.1) is 0 Å². The lowest BCUT2D eigenvalue weighted by Crippen LogP contribution is -2.48. The molecule has 1 amide bonds. The van der Waals surface area contributed by atoms with Gasteiger partial charge in [-0.05, 0) is 20.8 Å². The zero-order valence-corrected chi connectivity index (χ0v) is 10.3. The zero-order valence-electron chi connectivity index (χ0n) is 9.58. The average Bonchev–Trinajstić information content (AvgIpc) is 2.11. The van der Waals surface area contributed by atoms with Gasteiger partial charge in [0.15, 0.2) is 6.07 Å². The minimum absolute atomic E-state index is 0.0883. The lowest BCUT2D eigenvalue weighted by atomic mass is 10.2. The number of hydrogen-bond acceptors (Lipinski definition) is 5. The smallest absolute Gasteiger partial charge is 0.408 e. The van der Waals surface area contributed by atoms with Crippen LogP contribution in [0.5, 0.6) is 0 Å². The van der Waals surface area contributed by atoms with Gasteiger partial charge in [0, 0.05) is 6.54 Å². The summed E-state index contributed by atoms with van der Waals surface area (Å²) in [6.07, 6.45) is -0.727. The number of alkyl carbamates (subject to hydrolysis) is 1. The number of alkyl halides is 1. The zero-order chi connectivity index (χ0) is 12.8. The number of halogens is 1. The Labute approximate surface area is 99.4 Å². The number of nitrogens with two attached hydrogens (primary N) is 1. The summed E-state index contributed by atoms with van der Waals surface area (Å²) in [5, 5.41) is 2.29. The highest BCUT2D eigenvalue weighted by Crippen LogP contribution is 2.06. The molecule has 3 N–H and O–H groups in total. The fraction of sp³-hybridized carbons (Fsp3) is 0.778. The molecule has 0 fully saturated rings. The molecule has 0 bridgehead atoms. The highest BCUT2D eigenvalue weighted by atomic mass is 35.5. The SMILES string of the molecule is CC(C)(C)OC(=O)NC(CN)C(=O)OCCl. The van der Waals surface area contributed by atoms with Gasteiger partial charge in [-0.1, -0.05) is 11.6 Å². The maximum atomic E-state index is 11.3. The minimum atomic E-state index is -0.950. The number of hydrogen-bond donors (Lipinski definition) is 2. The van der Waals surface area contributed by atoms with Crippen LogP contribution < -0.4 is 11.1 Å². The van der Waals surface area contributed by atoms with Crippen molar-refractivity contribution in [1.29, 1.82) is 0 Å². The van der Waals surface area contributed by atoms with Gasteiger partial charge < -0.3 is 20.5 Å². The Hall–Kier alpha value is -1.01. The van der Waals surface area contributed by atoms with E-state index in [0.717, 1.165) is 0 Å². The van der Waals surface area contributed by atoms with Crippen LogP contribution in [-0.4, -0.2) is 36.3 Å². The summed E-state index contributed by atoms with van der Waals surface area (Å²) in [7, 11) is 0. The predicted molar refractivity (Wildman–Crippen MR) is 59.0 cm³/mol. The van der Waals surface area contributed by atoms with E-state index in [9.17, 15) is 9.59 Å². The molecule has 0 spiro atoms. The topological polar surface area (TPSA) is 90.6 Å². The quantitative estimate of drug-likeness (QED) is 0.564. The highest BCUT2D eigenvalue weighted by Gasteiger charge is 2.24. The highest BCUT2D eigenvalue weighted by molar-refractivity contribution is 6.17. The summed E-state index contributed by atoms with van der Waals surface area (Å²) in [6, 6.07) is -1.24. The molecule has 0 aliphatic rings. The normalized spacial score (nSPS) is 12.8. The average molecular weight is 253 g/mol. The van der Waals surface area contributed by atoms with E-state index in [1.807, 2.05) is 0 Å². The second-order valence-electron chi connectivity index (χ2n) is 4.01. The van der Waals surface area contributed by atoms with E-state index in [1.54, 1.807) is 20.8 Å². The third-order valence-electron chi connectivity index (χ3n) is 1.41. The van der Waals surface area contributed by atoms with E-state index in [0.29, 0.717) is 0 Å². The van der Waals surface area contributed by atoms with E-state index in [1.165, 1.54) is 0 Å². The number of nitrogens with one attached hydrogen (secondary N) is 1. The van der Waals surface area contributed by atoms with Crippen LogP contribution in [0.25, 0.3) is 0 Å². The number of ether oxygens (including phenoxy) is 2. The molecule has 94 valence electrons. The molecule has 16 heavy (non-hydrogen) atoms. The molecule has 0 saturated carbocycles. The fourth-order valence-corrected chi connectivity index (χ4v) is 0.926. The molecule has 0 radical (unpaired) electrons. The first kappa shape index (κ1) is 15.0. The molecule has 0 aliphatic heterocycles. The number of rotatable bonds is 4. The van der Waals surface area contributed by atoms with Crippen molar-refractivity contribution in [3.05, 3.63) is 0 Å². The van der Waals surface area contributed by atoms with Crippen LogP contribution in [0.3, 0.4) is 0 Å². The molecule has 1 unspecified atom stereocenters. The standard InChI is InChI=1S/C9H17ClN2O4/c1-9(2,3)16-8(14)12-6(4-11)7(13)15-5-10/h6H,4-5,11H2,1-3H3,(H,12,14). The Morgan fingerprint density at radius 2 is 2.00 bits per heavy atom.